The highest BCUT2D eigenvalue weighted by Crippen LogP contribution is 2.35. The van der Waals surface area contributed by atoms with E-state index >= 15 is 0 Å². The van der Waals surface area contributed by atoms with Crippen molar-refractivity contribution >= 4 is 0 Å². The van der Waals surface area contributed by atoms with Gasteiger partial charge in [0.25, 0.3) is 0 Å². The summed E-state index contributed by atoms with van der Waals surface area (Å²) in [4.78, 5) is 2.45. The van der Waals surface area contributed by atoms with Gasteiger partial charge in [0.2, 0.25) is 0 Å². The summed E-state index contributed by atoms with van der Waals surface area (Å²) in [6, 6.07) is 0.321. The smallest absolute Gasteiger partial charge is 0.0586 e. The minimum absolute atomic E-state index is 0.152. The van der Waals surface area contributed by atoms with Crippen LogP contribution in [0.3, 0.4) is 0 Å². The lowest BCUT2D eigenvalue weighted by Gasteiger charge is -2.41. The number of rotatable bonds is 3. The molecule has 3 nitrogen and oxygen atoms in total. The predicted octanol–water partition coefficient (Wildman–Crippen LogP) is 2.27. The van der Waals surface area contributed by atoms with Crippen molar-refractivity contribution in [1.82, 2.24) is 4.90 Å². The average molecular weight is 269 g/mol. The maximum Gasteiger partial charge on any atom is 0.0586 e. The second-order valence-corrected chi connectivity index (χ2v) is 6.97. The molecule has 5 atom stereocenters. The van der Waals surface area contributed by atoms with Crippen LogP contribution in [0.4, 0.5) is 0 Å². The van der Waals surface area contributed by atoms with Gasteiger partial charge in [0.05, 0.1) is 12.7 Å². The van der Waals surface area contributed by atoms with Crippen molar-refractivity contribution in [2.45, 2.75) is 64.5 Å². The third-order valence-electron chi connectivity index (χ3n) is 5.30. The predicted molar refractivity (Wildman–Crippen MR) is 78.0 cm³/mol. The van der Waals surface area contributed by atoms with Gasteiger partial charge in [-0.1, -0.05) is 26.7 Å². The van der Waals surface area contributed by atoms with E-state index in [1.807, 2.05) is 0 Å². The number of hydrogen-bond donors (Lipinski definition) is 2. The fraction of sp³-hybridized carbons (Fsp3) is 1.00. The number of aliphatic hydroxyl groups excluding tert-OH is 2. The summed E-state index contributed by atoms with van der Waals surface area (Å²) in [5.41, 5.74) is 0. The van der Waals surface area contributed by atoms with Gasteiger partial charge in [0, 0.05) is 18.5 Å². The number of aliphatic hydroxyl groups is 2. The Bertz CT molecular complexity index is 259. The summed E-state index contributed by atoms with van der Waals surface area (Å²) in [6.45, 7) is 6.87. The highest BCUT2D eigenvalue weighted by molar-refractivity contribution is 4.87. The van der Waals surface area contributed by atoms with Crippen molar-refractivity contribution in [1.29, 1.82) is 0 Å². The molecule has 112 valence electrons. The van der Waals surface area contributed by atoms with Gasteiger partial charge < -0.3 is 10.2 Å². The lowest BCUT2D eigenvalue weighted by atomic mass is 9.73. The lowest BCUT2D eigenvalue weighted by molar-refractivity contribution is -0.0136. The second kappa shape index (κ2) is 7.05. The maximum atomic E-state index is 10.4. The van der Waals surface area contributed by atoms with Crippen LogP contribution in [0.2, 0.25) is 0 Å². The van der Waals surface area contributed by atoms with E-state index in [2.05, 4.69) is 18.7 Å². The molecule has 2 N–H and O–H groups in total. The first-order valence-corrected chi connectivity index (χ1v) is 8.14. The molecule has 1 heterocycles. The Labute approximate surface area is 118 Å². The molecule has 1 saturated heterocycles. The summed E-state index contributed by atoms with van der Waals surface area (Å²) >= 11 is 0. The van der Waals surface area contributed by atoms with Crippen molar-refractivity contribution in [3.8, 4) is 0 Å². The van der Waals surface area contributed by atoms with E-state index in [9.17, 15) is 10.2 Å². The monoisotopic (exact) mass is 269 g/mol. The largest absolute Gasteiger partial charge is 0.395 e. The fourth-order valence-corrected chi connectivity index (χ4v) is 4.13. The summed E-state index contributed by atoms with van der Waals surface area (Å²) in [5, 5.41) is 20.0. The molecule has 0 amide bonds. The topological polar surface area (TPSA) is 43.7 Å². The molecular formula is C16H31NO2. The molecule has 2 rings (SSSR count). The SMILES string of the molecule is CC1CC(C)C(CN2CCCCCC2CO)C(O)C1. The average Bonchev–Trinajstić information content (AvgIpc) is 2.58. The van der Waals surface area contributed by atoms with Crippen molar-refractivity contribution < 1.29 is 10.2 Å². The zero-order valence-electron chi connectivity index (χ0n) is 12.6. The quantitative estimate of drug-likeness (QED) is 0.826. The summed E-state index contributed by atoms with van der Waals surface area (Å²) in [6.07, 6.45) is 6.91. The Morgan fingerprint density at radius 3 is 2.58 bits per heavy atom. The first-order chi connectivity index (χ1) is 9.11. The highest BCUT2D eigenvalue weighted by Gasteiger charge is 2.35. The van der Waals surface area contributed by atoms with Gasteiger partial charge >= 0.3 is 0 Å². The number of likely N-dealkylation sites (tertiary alicyclic amines) is 1. The van der Waals surface area contributed by atoms with E-state index in [1.165, 1.54) is 25.7 Å². The molecule has 0 spiro atoms. The minimum Gasteiger partial charge on any atom is -0.395 e. The van der Waals surface area contributed by atoms with Gasteiger partial charge in [-0.05, 0) is 44.1 Å². The lowest BCUT2D eigenvalue weighted by Crippen LogP contribution is -2.47. The summed E-state index contributed by atoms with van der Waals surface area (Å²) < 4.78 is 0. The van der Waals surface area contributed by atoms with Crippen LogP contribution < -0.4 is 0 Å². The molecule has 2 fully saturated rings. The van der Waals surface area contributed by atoms with Crippen molar-refractivity contribution in [2.24, 2.45) is 17.8 Å². The molecule has 5 unspecified atom stereocenters. The Morgan fingerprint density at radius 2 is 1.89 bits per heavy atom. The van der Waals surface area contributed by atoms with Crippen molar-refractivity contribution in [3.63, 3.8) is 0 Å². The van der Waals surface area contributed by atoms with E-state index < -0.39 is 0 Å². The molecule has 3 heteroatoms. The van der Waals surface area contributed by atoms with Crippen molar-refractivity contribution in [3.05, 3.63) is 0 Å². The molecule has 0 bridgehead atoms. The molecular weight excluding hydrogens is 238 g/mol. The molecule has 2 aliphatic rings. The zero-order valence-corrected chi connectivity index (χ0v) is 12.6. The van der Waals surface area contributed by atoms with Crippen LogP contribution in [0.1, 0.15) is 52.4 Å². The van der Waals surface area contributed by atoms with E-state index in [4.69, 9.17) is 0 Å². The first-order valence-electron chi connectivity index (χ1n) is 8.14. The molecule has 19 heavy (non-hydrogen) atoms. The Kier molecular flexibility index (Phi) is 5.67. The molecule has 1 aliphatic carbocycles. The van der Waals surface area contributed by atoms with Gasteiger partial charge in [-0.2, -0.15) is 0 Å². The standard InChI is InChI=1S/C16H31NO2/c1-12-8-13(2)15(16(19)9-12)10-17-7-5-3-4-6-14(17)11-18/h12-16,18-19H,3-11H2,1-2H3. The maximum absolute atomic E-state index is 10.4. The van der Waals surface area contributed by atoms with Crippen LogP contribution in [0.25, 0.3) is 0 Å². The van der Waals surface area contributed by atoms with Crippen LogP contribution in [-0.4, -0.2) is 47.0 Å². The van der Waals surface area contributed by atoms with Crippen molar-refractivity contribution in [2.75, 3.05) is 19.7 Å². The molecule has 0 radical (unpaired) electrons. The van der Waals surface area contributed by atoms with Gasteiger partial charge in [-0.15, -0.1) is 0 Å². The minimum atomic E-state index is -0.152. The third kappa shape index (κ3) is 3.93. The van der Waals surface area contributed by atoms with Crippen LogP contribution in [0.15, 0.2) is 0 Å². The van der Waals surface area contributed by atoms with Crippen LogP contribution in [0, 0.1) is 17.8 Å². The van der Waals surface area contributed by atoms with E-state index in [0.29, 0.717) is 23.8 Å². The van der Waals surface area contributed by atoms with E-state index in [-0.39, 0.29) is 12.7 Å². The van der Waals surface area contributed by atoms with Gasteiger partial charge in [0.1, 0.15) is 0 Å². The molecule has 0 aromatic heterocycles. The van der Waals surface area contributed by atoms with Gasteiger partial charge in [-0.25, -0.2) is 0 Å². The zero-order chi connectivity index (χ0) is 13.8. The Balaban J connectivity index is 1.97. The Hall–Kier alpha value is -0.120. The number of nitrogens with zero attached hydrogens (tertiary/aromatic N) is 1. The summed E-state index contributed by atoms with van der Waals surface area (Å²) in [5.74, 6) is 1.64. The molecule has 1 saturated carbocycles. The Morgan fingerprint density at radius 1 is 1.11 bits per heavy atom. The highest BCUT2D eigenvalue weighted by atomic mass is 16.3. The first kappa shape index (κ1) is 15.3. The van der Waals surface area contributed by atoms with E-state index in [1.54, 1.807) is 0 Å². The molecule has 1 aliphatic heterocycles. The van der Waals surface area contributed by atoms with Crippen LogP contribution in [0.5, 0.6) is 0 Å². The van der Waals surface area contributed by atoms with Crippen LogP contribution in [-0.2, 0) is 0 Å². The number of hydrogen-bond acceptors (Lipinski definition) is 3. The fourth-order valence-electron chi connectivity index (χ4n) is 4.13. The molecule has 0 aromatic rings. The molecule has 0 aromatic carbocycles. The summed E-state index contributed by atoms with van der Waals surface area (Å²) in [7, 11) is 0. The normalized spacial score (nSPS) is 42.0. The van der Waals surface area contributed by atoms with Gasteiger partial charge in [0.15, 0.2) is 0 Å². The van der Waals surface area contributed by atoms with E-state index in [0.717, 1.165) is 25.9 Å². The second-order valence-electron chi connectivity index (χ2n) is 6.97. The van der Waals surface area contributed by atoms with Crippen LogP contribution >= 0.6 is 0 Å². The van der Waals surface area contributed by atoms with Gasteiger partial charge in [-0.3, -0.25) is 4.90 Å². The third-order valence-corrected chi connectivity index (χ3v) is 5.30.